The highest BCUT2D eigenvalue weighted by molar-refractivity contribution is 7.89. The largest absolute Gasteiger partial charge is 0.267 e. The number of hydrogen-bond acceptors (Lipinski definition) is 4. The van der Waals surface area contributed by atoms with Crippen LogP contribution in [-0.4, -0.2) is 44.6 Å². The van der Waals surface area contributed by atoms with Crippen LogP contribution in [0.4, 0.5) is 0 Å². The number of nitrogens with zero attached hydrogens (tertiary/aromatic N) is 2. The second kappa shape index (κ2) is 7.86. The van der Waals surface area contributed by atoms with E-state index in [0.717, 1.165) is 16.7 Å². The third-order valence-electron chi connectivity index (χ3n) is 6.27. The Balaban J connectivity index is 1.72. The summed E-state index contributed by atoms with van der Waals surface area (Å²) in [5.74, 6) is 0. The van der Waals surface area contributed by atoms with Crippen LogP contribution in [0.5, 0.6) is 0 Å². The molecule has 2 aromatic carbocycles. The topological polar surface area (TPSA) is 74.8 Å². The van der Waals surface area contributed by atoms with E-state index in [1.807, 2.05) is 39.8 Å². The second-order valence-corrected chi connectivity index (χ2v) is 12.7. The van der Waals surface area contributed by atoms with Gasteiger partial charge in [-0.05, 0) is 50.6 Å². The Hall–Kier alpha value is -2.42. The van der Waals surface area contributed by atoms with Gasteiger partial charge in [-0.3, -0.25) is 4.31 Å². The van der Waals surface area contributed by atoms with Gasteiger partial charge in [0, 0.05) is 24.7 Å². The lowest BCUT2D eigenvalue weighted by Crippen LogP contribution is -2.33. The maximum Gasteiger partial charge on any atom is 0.264 e. The molecule has 4 rings (SSSR count). The predicted octanol–water partition coefficient (Wildman–Crippen LogP) is 3.85. The fraction of sp³-hybridized carbons (Fsp3) is 0.333. The second-order valence-electron chi connectivity index (χ2n) is 8.91. The minimum atomic E-state index is -3.79. The Morgan fingerprint density at radius 1 is 0.844 bits per heavy atom. The first-order chi connectivity index (χ1) is 14.9. The molecule has 170 valence electrons. The molecule has 0 bridgehead atoms. The van der Waals surface area contributed by atoms with Crippen LogP contribution in [0.25, 0.3) is 0 Å². The summed E-state index contributed by atoms with van der Waals surface area (Å²) in [6, 6.07) is 13.1. The van der Waals surface area contributed by atoms with Gasteiger partial charge < -0.3 is 0 Å². The number of fused-ring (bicyclic) bond motifs is 1. The van der Waals surface area contributed by atoms with Gasteiger partial charge in [0.2, 0.25) is 10.0 Å². The average Bonchev–Trinajstić information content (AvgIpc) is 3.02. The van der Waals surface area contributed by atoms with Gasteiger partial charge in [-0.2, -0.15) is 4.31 Å². The van der Waals surface area contributed by atoms with Crippen molar-refractivity contribution in [1.82, 2.24) is 8.61 Å². The number of sulfonamides is 2. The van der Waals surface area contributed by atoms with Crippen molar-refractivity contribution >= 4 is 20.0 Å². The van der Waals surface area contributed by atoms with Gasteiger partial charge in [-0.1, -0.05) is 54.5 Å². The van der Waals surface area contributed by atoms with Crippen molar-refractivity contribution in [3.8, 4) is 0 Å². The zero-order chi connectivity index (χ0) is 23.3. The first-order valence-corrected chi connectivity index (χ1v) is 13.4. The Kier molecular flexibility index (Phi) is 5.59. The molecule has 0 aliphatic carbocycles. The molecule has 2 aromatic rings. The molecule has 1 saturated heterocycles. The molecule has 0 radical (unpaired) electrons. The molecule has 2 aliphatic rings. The fourth-order valence-corrected chi connectivity index (χ4v) is 7.12. The minimum absolute atomic E-state index is 0.143. The van der Waals surface area contributed by atoms with Crippen molar-refractivity contribution < 1.29 is 16.8 Å². The van der Waals surface area contributed by atoms with Crippen LogP contribution in [0.2, 0.25) is 0 Å². The van der Waals surface area contributed by atoms with Crippen molar-refractivity contribution in [2.24, 2.45) is 5.41 Å². The monoisotopic (exact) mass is 472 g/mol. The van der Waals surface area contributed by atoms with E-state index in [9.17, 15) is 16.8 Å². The molecule has 2 aliphatic heterocycles. The van der Waals surface area contributed by atoms with Crippen LogP contribution < -0.4 is 0 Å². The van der Waals surface area contributed by atoms with Gasteiger partial charge in [0.15, 0.2) is 0 Å². The van der Waals surface area contributed by atoms with E-state index in [-0.39, 0.29) is 22.9 Å². The van der Waals surface area contributed by atoms with E-state index in [1.165, 1.54) is 8.61 Å². The third kappa shape index (κ3) is 3.91. The average molecular weight is 473 g/mol. The number of hydrogen-bond donors (Lipinski definition) is 0. The lowest BCUT2D eigenvalue weighted by Gasteiger charge is -2.25. The Morgan fingerprint density at radius 2 is 1.34 bits per heavy atom. The van der Waals surface area contributed by atoms with Crippen molar-refractivity contribution in [1.29, 1.82) is 0 Å². The molecule has 2 atom stereocenters. The summed E-state index contributed by atoms with van der Waals surface area (Å²) < 4.78 is 56.1. The highest BCUT2D eigenvalue weighted by Gasteiger charge is 2.44. The zero-order valence-electron chi connectivity index (χ0n) is 18.7. The van der Waals surface area contributed by atoms with E-state index in [4.69, 9.17) is 0 Å². The lowest BCUT2D eigenvalue weighted by molar-refractivity contribution is 0.428. The van der Waals surface area contributed by atoms with Crippen molar-refractivity contribution in [3.63, 3.8) is 0 Å². The lowest BCUT2D eigenvalue weighted by atomic mass is 9.85. The number of benzene rings is 2. The molecule has 0 aromatic heterocycles. The van der Waals surface area contributed by atoms with E-state index in [0.29, 0.717) is 0 Å². The van der Waals surface area contributed by atoms with Gasteiger partial charge in [0.1, 0.15) is 0 Å². The van der Waals surface area contributed by atoms with Gasteiger partial charge in [-0.25, -0.2) is 16.8 Å². The summed E-state index contributed by atoms with van der Waals surface area (Å²) in [6.45, 7) is 7.99. The quantitative estimate of drug-likeness (QED) is 0.634. The first-order valence-electron chi connectivity index (χ1n) is 10.5. The van der Waals surface area contributed by atoms with Crippen LogP contribution in [0.1, 0.15) is 25.0 Å². The Morgan fingerprint density at radius 3 is 1.88 bits per heavy atom. The van der Waals surface area contributed by atoms with Crippen molar-refractivity contribution in [3.05, 3.63) is 83.6 Å². The Bertz CT molecular complexity index is 1290. The smallest absolute Gasteiger partial charge is 0.264 e. The summed E-state index contributed by atoms with van der Waals surface area (Å²) in [5.41, 5.74) is 2.14. The maximum atomic E-state index is 13.4. The third-order valence-corrected chi connectivity index (χ3v) is 9.93. The van der Waals surface area contributed by atoms with E-state index < -0.39 is 31.5 Å². The molecule has 1 fully saturated rings. The van der Waals surface area contributed by atoms with Crippen LogP contribution in [0.15, 0.2) is 82.2 Å². The normalized spacial score (nSPS) is 24.2. The standard InChI is InChI=1S/C24H28N2O4S2/c1-18-5-9-22(10-6-18)31(27,28)25-15-21-16-26(20(3)13-14-24(21,4)17-25)32(29,30)23-11-7-19(2)8-12-23/h5-14,16,20H,15,17H2,1-4H3/t20-,24-/m0/s1. The van der Waals surface area contributed by atoms with E-state index in [1.54, 1.807) is 54.7 Å². The van der Waals surface area contributed by atoms with Gasteiger partial charge in [0.05, 0.1) is 15.8 Å². The molecule has 2 heterocycles. The molecule has 0 saturated carbocycles. The summed E-state index contributed by atoms with van der Waals surface area (Å²) in [5, 5.41) is 0. The SMILES string of the molecule is Cc1ccc(S(=O)(=O)N2CC3=CN(S(=O)(=O)c4ccc(C)cc4)[C@@H](C)C=C[C@@]3(C)C2)cc1. The van der Waals surface area contributed by atoms with Gasteiger partial charge in [-0.15, -0.1) is 0 Å². The summed E-state index contributed by atoms with van der Waals surface area (Å²) in [4.78, 5) is 0.455. The van der Waals surface area contributed by atoms with Crippen molar-refractivity contribution in [2.75, 3.05) is 13.1 Å². The molecule has 0 amide bonds. The minimum Gasteiger partial charge on any atom is -0.267 e. The van der Waals surface area contributed by atoms with E-state index in [2.05, 4.69) is 0 Å². The summed E-state index contributed by atoms with van der Waals surface area (Å²) in [6.07, 6.45) is 5.42. The molecule has 0 N–H and O–H groups in total. The molecule has 32 heavy (non-hydrogen) atoms. The van der Waals surface area contributed by atoms with Crippen molar-refractivity contribution in [2.45, 2.75) is 43.5 Å². The Labute approximate surface area is 191 Å². The molecular weight excluding hydrogens is 444 g/mol. The number of rotatable bonds is 4. The fourth-order valence-electron chi connectivity index (χ4n) is 4.10. The first kappa shape index (κ1) is 22.8. The summed E-state index contributed by atoms with van der Waals surface area (Å²) >= 11 is 0. The maximum absolute atomic E-state index is 13.4. The zero-order valence-corrected chi connectivity index (χ0v) is 20.3. The molecule has 0 unspecified atom stereocenters. The van der Waals surface area contributed by atoms with Gasteiger partial charge >= 0.3 is 0 Å². The molecular formula is C24H28N2O4S2. The highest BCUT2D eigenvalue weighted by atomic mass is 32.2. The van der Waals surface area contributed by atoms with Crippen LogP contribution >= 0.6 is 0 Å². The molecule has 6 nitrogen and oxygen atoms in total. The predicted molar refractivity (Wildman–Crippen MR) is 125 cm³/mol. The highest BCUT2D eigenvalue weighted by Crippen LogP contribution is 2.42. The van der Waals surface area contributed by atoms with Gasteiger partial charge in [0.25, 0.3) is 10.0 Å². The molecule has 0 spiro atoms. The summed E-state index contributed by atoms with van der Waals surface area (Å²) in [7, 11) is -7.49. The van der Waals surface area contributed by atoms with Crippen LogP contribution in [0, 0.1) is 19.3 Å². The van der Waals surface area contributed by atoms with E-state index >= 15 is 0 Å². The van der Waals surface area contributed by atoms with Crippen LogP contribution in [0.3, 0.4) is 0 Å². The van der Waals surface area contributed by atoms with Crippen LogP contribution in [-0.2, 0) is 20.0 Å². The molecule has 8 heteroatoms. The number of aryl methyl sites for hydroxylation is 2.